The van der Waals surface area contributed by atoms with Crippen LogP contribution in [0.5, 0.6) is 0 Å². The van der Waals surface area contributed by atoms with Gasteiger partial charge in [0, 0.05) is 42.3 Å². The van der Waals surface area contributed by atoms with Crippen molar-refractivity contribution in [1.29, 1.82) is 0 Å². The Labute approximate surface area is 294 Å². The minimum Gasteiger partial charge on any atom is -0.456 e. The number of aliphatic hydroxyl groups is 7. The van der Waals surface area contributed by atoms with Crippen LogP contribution in [0.2, 0.25) is 0 Å². The molecule has 3 saturated heterocycles. The van der Waals surface area contributed by atoms with Crippen LogP contribution >= 0.6 is 0 Å². The third-order valence-corrected chi connectivity index (χ3v) is 15.5. The van der Waals surface area contributed by atoms with E-state index in [1.807, 2.05) is 13.8 Å². The Bertz CT molecular complexity index is 1390. The molecule has 0 radical (unpaired) electrons. The first-order chi connectivity index (χ1) is 23.1. The van der Waals surface area contributed by atoms with Crippen molar-refractivity contribution in [1.82, 2.24) is 4.90 Å². The summed E-state index contributed by atoms with van der Waals surface area (Å²) in [5, 5.41) is 83.5. The molecule has 3 heterocycles. The number of ether oxygens (including phenoxy) is 3. The van der Waals surface area contributed by atoms with Crippen molar-refractivity contribution in [3.8, 4) is 0 Å². The van der Waals surface area contributed by atoms with E-state index in [1.54, 1.807) is 13.8 Å². The molecule has 12 unspecified atom stereocenters. The van der Waals surface area contributed by atoms with Crippen molar-refractivity contribution in [2.24, 2.45) is 46.8 Å². The van der Waals surface area contributed by atoms with Crippen LogP contribution in [0.3, 0.4) is 0 Å². The van der Waals surface area contributed by atoms with Crippen LogP contribution in [-0.2, 0) is 23.8 Å². The lowest BCUT2D eigenvalue weighted by atomic mass is 9.49. The highest BCUT2D eigenvalue weighted by Crippen LogP contribution is 2.77. The van der Waals surface area contributed by atoms with Crippen LogP contribution < -0.4 is 0 Å². The molecule has 0 aromatic carbocycles. The van der Waals surface area contributed by atoms with Gasteiger partial charge in [0.15, 0.2) is 17.8 Å². The fourth-order valence-electron chi connectivity index (χ4n) is 12.5. The van der Waals surface area contributed by atoms with Crippen molar-refractivity contribution >= 4 is 11.9 Å². The van der Waals surface area contributed by atoms with E-state index in [0.717, 1.165) is 26.3 Å². The molecule has 4 saturated carbocycles. The van der Waals surface area contributed by atoms with Gasteiger partial charge in [-0.15, -0.1) is 0 Å². The average Bonchev–Trinajstić information content (AvgIpc) is 3.31. The van der Waals surface area contributed by atoms with Crippen molar-refractivity contribution in [3.63, 3.8) is 0 Å². The van der Waals surface area contributed by atoms with E-state index in [0.29, 0.717) is 25.3 Å². The van der Waals surface area contributed by atoms with Gasteiger partial charge < -0.3 is 50.0 Å². The van der Waals surface area contributed by atoms with E-state index in [-0.39, 0.29) is 25.3 Å². The van der Waals surface area contributed by atoms with E-state index in [4.69, 9.17) is 14.2 Å². The summed E-state index contributed by atoms with van der Waals surface area (Å²) in [6.07, 6.45) is -4.15. The maximum Gasteiger partial charge on any atom is 0.341 e. The zero-order chi connectivity index (χ0) is 36.7. The van der Waals surface area contributed by atoms with Crippen LogP contribution in [0.15, 0.2) is 0 Å². The zero-order valence-electron chi connectivity index (χ0n) is 30.5. The molecule has 0 aromatic heterocycles. The molecule has 284 valence electrons. The second-order valence-electron chi connectivity index (χ2n) is 18.2. The van der Waals surface area contributed by atoms with Crippen molar-refractivity contribution in [2.75, 3.05) is 13.1 Å². The molecule has 0 amide bonds. The summed E-state index contributed by atoms with van der Waals surface area (Å²) in [5.41, 5.74) is -7.89. The number of hydrogen-bond acceptors (Lipinski definition) is 13. The number of carbonyl (C=O) groups excluding carboxylic acids is 2. The number of carbonyl (C=O) groups is 2. The topological polar surface area (TPSA) is 207 Å². The molecule has 50 heavy (non-hydrogen) atoms. The van der Waals surface area contributed by atoms with Gasteiger partial charge in [0.1, 0.15) is 5.60 Å². The number of rotatable bonds is 6. The fourth-order valence-corrected chi connectivity index (χ4v) is 12.5. The van der Waals surface area contributed by atoms with Gasteiger partial charge >= 0.3 is 11.9 Å². The van der Waals surface area contributed by atoms with E-state index < -0.39 is 112 Å². The highest BCUT2D eigenvalue weighted by atomic mass is 16.7. The Balaban J connectivity index is 1.34. The largest absolute Gasteiger partial charge is 0.456 e. The summed E-state index contributed by atoms with van der Waals surface area (Å²) in [5.74, 6) is -7.78. The Hall–Kier alpha value is -1.42. The van der Waals surface area contributed by atoms with Crippen molar-refractivity contribution in [2.45, 2.75) is 158 Å². The third-order valence-electron chi connectivity index (χ3n) is 15.5. The lowest BCUT2D eigenvalue weighted by molar-refractivity contribution is -0.300. The molecule has 4 bridgehead atoms. The molecular formula is C37H59NO12. The molecule has 13 nitrogen and oxygen atoms in total. The highest BCUT2D eigenvalue weighted by molar-refractivity contribution is 5.79. The van der Waals surface area contributed by atoms with Crippen LogP contribution in [0, 0.1) is 46.8 Å². The van der Waals surface area contributed by atoms with Gasteiger partial charge in [0.05, 0.1) is 35.4 Å². The molecule has 0 aromatic rings. The first kappa shape index (κ1) is 36.9. The molecule has 4 aliphatic carbocycles. The summed E-state index contributed by atoms with van der Waals surface area (Å²) < 4.78 is 18.7. The van der Waals surface area contributed by atoms with Gasteiger partial charge in [0.25, 0.3) is 0 Å². The van der Waals surface area contributed by atoms with E-state index in [1.165, 1.54) is 6.92 Å². The van der Waals surface area contributed by atoms with Crippen molar-refractivity contribution in [3.05, 3.63) is 0 Å². The molecule has 7 fully saturated rings. The maximum atomic E-state index is 13.5. The van der Waals surface area contributed by atoms with E-state index in [2.05, 4.69) is 11.8 Å². The van der Waals surface area contributed by atoms with Gasteiger partial charge in [-0.2, -0.15) is 0 Å². The summed E-state index contributed by atoms with van der Waals surface area (Å²) in [7, 11) is 0. The first-order valence-electron chi connectivity index (χ1n) is 18.9. The quantitative estimate of drug-likeness (QED) is 0.188. The van der Waals surface area contributed by atoms with E-state index >= 15 is 0 Å². The van der Waals surface area contributed by atoms with Gasteiger partial charge in [-0.3, -0.25) is 9.69 Å². The first-order valence-corrected chi connectivity index (χ1v) is 18.9. The number of fused-ring (bicyclic) bond motifs is 5. The molecule has 7 N–H and O–H groups in total. The molecule has 7 aliphatic rings. The number of esters is 2. The zero-order valence-corrected chi connectivity index (χ0v) is 30.5. The summed E-state index contributed by atoms with van der Waals surface area (Å²) >= 11 is 0. The predicted molar refractivity (Wildman–Crippen MR) is 176 cm³/mol. The lowest BCUT2D eigenvalue weighted by Crippen LogP contribution is -2.77. The molecular weight excluding hydrogens is 650 g/mol. The van der Waals surface area contributed by atoms with Crippen molar-refractivity contribution < 1.29 is 59.5 Å². The predicted octanol–water partition coefficient (Wildman–Crippen LogP) is 0.466. The maximum absolute atomic E-state index is 13.5. The van der Waals surface area contributed by atoms with Crippen LogP contribution in [0.1, 0.15) is 93.4 Å². The van der Waals surface area contributed by atoms with Gasteiger partial charge in [0.2, 0.25) is 5.79 Å². The minimum atomic E-state index is -2.25. The normalized spacial score (nSPS) is 54.6. The number of aliphatic hydroxyl groups excluding tert-OH is 3. The van der Waals surface area contributed by atoms with Crippen LogP contribution in [-0.4, -0.2) is 130 Å². The fraction of sp³-hybridized carbons (Fsp3) is 0.946. The van der Waals surface area contributed by atoms with Crippen LogP contribution in [0.4, 0.5) is 0 Å². The standard InChI is InChI=1S/C37H59NO12/c1-8-18(3)30(42)49-29-27(41)26-20(16-38-15-17(2)9-10-24(38)34(26,7)45)21-14-35-28(36(21,29)46)22(40)13-23-32(35,5)12-11-25(37(23,47)50-35)48-31(43)33(6,44)19(4)39/h17-29,39-41,44-47H,8-16H2,1-7H3/t17-,18?,19?,20?,21?,22+,23?,24?,25?,26?,27?,28?,29-,32?,33?,34+,35+,36-,37-/m0/s1. The smallest absolute Gasteiger partial charge is 0.341 e. The second kappa shape index (κ2) is 11.5. The monoisotopic (exact) mass is 709 g/mol. The molecule has 3 aliphatic heterocycles. The summed E-state index contributed by atoms with van der Waals surface area (Å²) in [4.78, 5) is 28.9. The molecule has 7 rings (SSSR count). The van der Waals surface area contributed by atoms with Gasteiger partial charge in [-0.25, -0.2) is 4.79 Å². The number of hydrogen-bond donors (Lipinski definition) is 7. The Morgan fingerprint density at radius 3 is 2.38 bits per heavy atom. The molecule has 1 spiro atoms. The number of nitrogens with zero attached hydrogens (tertiary/aromatic N) is 1. The molecule has 19 atom stereocenters. The Morgan fingerprint density at radius 2 is 1.74 bits per heavy atom. The third kappa shape index (κ3) is 4.57. The second-order valence-corrected chi connectivity index (χ2v) is 18.2. The van der Waals surface area contributed by atoms with Gasteiger partial charge in [-0.05, 0) is 83.5 Å². The van der Waals surface area contributed by atoms with Gasteiger partial charge in [-0.1, -0.05) is 27.7 Å². The highest BCUT2D eigenvalue weighted by Gasteiger charge is 2.87. The Morgan fingerprint density at radius 1 is 1.06 bits per heavy atom. The Kier molecular flexibility index (Phi) is 8.52. The summed E-state index contributed by atoms with van der Waals surface area (Å²) in [6.45, 7) is 13.1. The van der Waals surface area contributed by atoms with Crippen LogP contribution in [0.25, 0.3) is 0 Å². The number of piperidine rings is 2. The molecule has 13 heteroatoms. The average molecular weight is 710 g/mol. The SMILES string of the molecule is CCC(C)C(=O)O[C@H]1C(O)C2C(CN3C[C@@H](C)CCC3[C@@]2(C)O)C2C[C@]34O[C@]5(O)C(OC(=O)C(C)(O)C(C)O)CCC3(C)C5C[C@@H](O)C4[C@@]21O. The lowest BCUT2D eigenvalue weighted by Gasteiger charge is -2.64. The van der Waals surface area contributed by atoms with E-state index in [9.17, 15) is 45.3 Å². The summed E-state index contributed by atoms with van der Waals surface area (Å²) in [6, 6.07) is -0.238. The minimum absolute atomic E-state index is 0.0328.